The van der Waals surface area contributed by atoms with Gasteiger partial charge in [-0.3, -0.25) is 0 Å². The van der Waals surface area contributed by atoms with Crippen molar-refractivity contribution in [3.05, 3.63) is 24.3 Å². The third-order valence-electron chi connectivity index (χ3n) is 1.19. The topological polar surface area (TPSA) is 0 Å². The third kappa shape index (κ3) is 16.2. The van der Waals surface area contributed by atoms with Crippen LogP contribution in [-0.4, -0.2) is 0 Å². The maximum atomic E-state index is 3.84. The summed E-state index contributed by atoms with van der Waals surface area (Å²) >= 11 is 0. The van der Waals surface area contributed by atoms with E-state index < -0.39 is 0 Å². The van der Waals surface area contributed by atoms with Crippen molar-refractivity contribution in [1.29, 1.82) is 0 Å². The molecule has 0 nitrogen and oxygen atoms in total. The lowest BCUT2D eigenvalue weighted by molar-refractivity contribution is 0.717. The Morgan fingerprint density at radius 1 is 1.42 bits per heavy atom. The summed E-state index contributed by atoms with van der Waals surface area (Å²) in [4.78, 5) is 0. The van der Waals surface area contributed by atoms with E-state index >= 15 is 0 Å². The van der Waals surface area contributed by atoms with E-state index in [0.29, 0.717) is 5.92 Å². The quantitative estimate of drug-likeness (QED) is 0.532. The Labute approximate surface area is 79.4 Å². The largest absolute Gasteiger partial charge is 0.100 e. The fourth-order valence-electron chi connectivity index (χ4n) is 0.946. The Bertz CT molecular complexity index is 109. The Morgan fingerprint density at radius 3 is 2.08 bits per heavy atom. The standard InChI is InChI=1S/C9H16.C2H6.CH4/c1-5-6-9(4)7-8(2)3;1-2;/h5-6,9H,2,7H2,1,3-4H3;1-2H3;1H4/b6-5+;;. The van der Waals surface area contributed by atoms with Crippen molar-refractivity contribution >= 4 is 0 Å². The van der Waals surface area contributed by atoms with Crippen LogP contribution in [0.1, 0.15) is 48.5 Å². The average Bonchev–Trinajstić information content (AvgIpc) is 1.91. The van der Waals surface area contributed by atoms with Crippen LogP contribution in [0, 0.1) is 5.92 Å². The van der Waals surface area contributed by atoms with Crippen LogP contribution in [0.3, 0.4) is 0 Å². The van der Waals surface area contributed by atoms with E-state index in [1.54, 1.807) is 0 Å². The fourth-order valence-corrected chi connectivity index (χ4v) is 0.946. The van der Waals surface area contributed by atoms with Crippen molar-refractivity contribution < 1.29 is 0 Å². The van der Waals surface area contributed by atoms with Gasteiger partial charge in [-0.25, -0.2) is 0 Å². The Morgan fingerprint density at radius 2 is 1.83 bits per heavy atom. The van der Waals surface area contributed by atoms with Gasteiger partial charge in [0.25, 0.3) is 0 Å². The van der Waals surface area contributed by atoms with E-state index in [4.69, 9.17) is 0 Å². The van der Waals surface area contributed by atoms with E-state index in [9.17, 15) is 0 Å². The number of hydrogen-bond acceptors (Lipinski definition) is 0. The first-order chi connectivity index (χ1) is 5.16. The zero-order valence-corrected chi connectivity index (χ0v) is 8.65. The second-order valence-corrected chi connectivity index (χ2v) is 2.66. The van der Waals surface area contributed by atoms with Gasteiger partial charge in [-0.1, -0.05) is 45.9 Å². The van der Waals surface area contributed by atoms with Gasteiger partial charge in [0.15, 0.2) is 0 Å². The molecule has 0 radical (unpaired) electrons. The molecule has 0 saturated heterocycles. The predicted octanol–water partition coefficient (Wildman–Crippen LogP) is 4.83. The van der Waals surface area contributed by atoms with Crippen LogP contribution in [0.5, 0.6) is 0 Å². The summed E-state index contributed by atoms with van der Waals surface area (Å²) in [6.45, 7) is 14.2. The first-order valence-corrected chi connectivity index (χ1v) is 4.44. The summed E-state index contributed by atoms with van der Waals surface area (Å²) in [5.74, 6) is 0.660. The Kier molecular flexibility index (Phi) is 19.1. The number of rotatable bonds is 3. The van der Waals surface area contributed by atoms with Crippen molar-refractivity contribution in [3.8, 4) is 0 Å². The molecule has 0 N–H and O–H groups in total. The highest BCUT2D eigenvalue weighted by atomic mass is 14.0. The van der Waals surface area contributed by atoms with Gasteiger partial charge in [-0.15, -0.1) is 6.58 Å². The van der Waals surface area contributed by atoms with Crippen molar-refractivity contribution in [3.63, 3.8) is 0 Å². The van der Waals surface area contributed by atoms with E-state index in [-0.39, 0.29) is 7.43 Å². The summed E-state index contributed by atoms with van der Waals surface area (Å²) in [5, 5.41) is 0. The van der Waals surface area contributed by atoms with Gasteiger partial charge in [-0.2, -0.15) is 0 Å². The van der Waals surface area contributed by atoms with Gasteiger partial charge in [0.1, 0.15) is 0 Å². The molecule has 0 aliphatic carbocycles. The highest BCUT2D eigenvalue weighted by Crippen LogP contribution is 2.09. The molecule has 0 heterocycles. The minimum Gasteiger partial charge on any atom is -0.100 e. The summed E-state index contributed by atoms with van der Waals surface area (Å²) in [7, 11) is 0. The molecule has 0 aliphatic rings. The lowest BCUT2D eigenvalue weighted by atomic mass is 10.0. The van der Waals surface area contributed by atoms with Gasteiger partial charge < -0.3 is 0 Å². The number of allylic oxidation sites excluding steroid dienone is 3. The molecule has 0 aromatic heterocycles. The van der Waals surface area contributed by atoms with Gasteiger partial charge in [0.05, 0.1) is 0 Å². The number of hydrogen-bond donors (Lipinski definition) is 0. The summed E-state index contributed by atoms with van der Waals surface area (Å²) in [5.41, 5.74) is 1.26. The van der Waals surface area contributed by atoms with Crippen LogP contribution in [0.25, 0.3) is 0 Å². The molecule has 0 aromatic carbocycles. The third-order valence-corrected chi connectivity index (χ3v) is 1.19. The van der Waals surface area contributed by atoms with Gasteiger partial charge in [-0.05, 0) is 26.2 Å². The molecule has 12 heavy (non-hydrogen) atoms. The molecule has 0 heteroatoms. The fraction of sp³-hybridized carbons (Fsp3) is 0.667. The van der Waals surface area contributed by atoms with E-state index in [2.05, 4.69) is 39.5 Å². The van der Waals surface area contributed by atoms with E-state index in [1.807, 2.05) is 13.8 Å². The predicted molar refractivity (Wildman–Crippen MR) is 61.5 cm³/mol. The Hall–Kier alpha value is -0.520. The van der Waals surface area contributed by atoms with Crippen LogP contribution in [0.15, 0.2) is 24.3 Å². The lowest BCUT2D eigenvalue weighted by Crippen LogP contribution is -1.88. The normalized spacial score (nSPS) is 11.1. The highest BCUT2D eigenvalue weighted by molar-refractivity contribution is 4.95. The van der Waals surface area contributed by atoms with Crippen LogP contribution in [0.4, 0.5) is 0 Å². The Balaban J connectivity index is -0.000000249. The minimum atomic E-state index is 0. The monoisotopic (exact) mass is 170 g/mol. The van der Waals surface area contributed by atoms with Crippen LogP contribution < -0.4 is 0 Å². The summed E-state index contributed by atoms with van der Waals surface area (Å²) < 4.78 is 0. The molecular weight excluding hydrogens is 144 g/mol. The van der Waals surface area contributed by atoms with E-state index in [0.717, 1.165) is 6.42 Å². The molecule has 0 bridgehead atoms. The molecule has 1 atom stereocenters. The molecule has 0 aliphatic heterocycles. The summed E-state index contributed by atoms with van der Waals surface area (Å²) in [6.07, 6.45) is 5.41. The molecular formula is C12H26. The van der Waals surface area contributed by atoms with Crippen molar-refractivity contribution in [1.82, 2.24) is 0 Å². The second kappa shape index (κ2) is 13.1. The smallest absolute Gasteiger partial charge is 0.0225 e. The SMILES string of the molecule is C.C=C(C)CC(C)/C=C/C.CC. The van der Waals surface area contributed by atoms with Gasteiger partial charge in [0, 0.05) is 0 Å². The van der Waals surface area contributed by atoms with Crippen LogP contribution >= 0.6 is 0 Å². The summed E-state index contributed by atoms with van der Waals surface area (Å²) in [6, 6.07) is 0. The molecule has 0 fully saturated rings. The van der Waals surface area contributed by atoms with E-state index in [1.165, 1.54) is 5.57 Å². The molecule has 0 saturated carbocycles. The zero-order chi connectivity index (χ0) is 9.28. The van der Waals surface area contributed by atoms with Crippen molar-refractivity contribution in [2.45, 2.75) is 48.5 Å². The molecule has 0 aromatic rings. The first-order valence-electron chi connectivity index (χ1n) is 4.44. The molecule has 0 spiro atoms. The van der Waals surface area contributed by atoms with Crippen LogP contribution in [-0.2, 0) is 0 Å². The minimum absolute atomic E-state index is 0. The molecule has 1 unspecified atom stereocenters. The zero-order valence-electron chi connectivity index (χ0n) is 8.65. The molecule has 0 amide bonds. The maximum Gasteiger partial charge on any atom is -0.0225 e. The van der Waals surface area contributed by atoms with Gasteiger partial charge >= 0.3 is 0 Å². The average molecular weight is 170 g/mol. The van der Waals surface area contributed by atoms with Crippen molar-refractivity contribution in [2.24, 2.45) is 5.92 Å². The molecule has 0 rings (SSSR count). The second-order valence-electron chi connectivity index (χ2n) is 2.66. The molecule has 74 valence electrons. The first kappa shape index (κ1) is 17.5. The van der Waals surface area contributed by atoms with Gasteiger partial charge in [0.2, 0.25) is 0 Å². The maximum absolute atomic E-state index is 3.84. The van der Waals surface area contributed by atoms with Crippen molar-refractivity contribution in [2.75, 3.05) is 0 Å². The highest BCUT2D eigenvalue weighted by Gasteiger charge is 1.94. The van der Waals surface area contributed by atoms with Crippen LogP contribution in [0.2, 0.25) is 0 Å². The lowest BCUT2D eigenvalue weighted by Gasteiger charge is -2.02.